The maximum absolute atomic E-state index is 13.5. The second kappa shape index (κ2) is 10.1. The fourth-order valence-electron chi connectivity index (χ4n) is 4.14. The van der Waals surface area contributed by atoms with Crippen molar-refractivity contribution in [1.82, 2.24) is 24.6 Å². The third-order valence-corrected chi connectivity index (χ3v) is 6.09. The van der Waals surface area contributed by atoms with E-state index in [4.69, 9.17) is 4.74 Å². The fraction of sp³-hybridized carbons (Fsp3) is 0.231. The van der Waals surface area contributed by atoms with E-state index in [1.807, 2.05) is 12.1 Å². The van der Waals surface area contributed by atoms with E-state index in [0.717, 1.165) is 5.69 Å². The predicted molar refractivity (Wildman–Crippen MR) is 130 cm³/mol. The second-order valence-corrected chi connectivity index (χ2v) is 8.35. The fourth-order valence-corrected chi connectivity index (χ4v) is 4.14. The molecular weight excluding hydrogens is 466 g/mol. The van der Waals surface area contributed by atoms with Gasteiger partial charge in [-0.05, 0) is 54.6 Å². The number of hydrogen-bond donors (Lipinski definition) is 0. The summed E-state index contributed by atoms with van der Waals surface area (Å²) in [7, 11) is 1.58. The van der Waals surface area contributed by atoms with E-state index in [2.05, 4.69) is 20.0 Å². The van der Waals surface area contributed by atoms with Crippen molar-refractivity contribution in [2.75, 3.05) is 38.2 Å². The number of ether oxygens (including phenoxy) is 1. The minimum atomic E-state index is -0.371. The van der Waals surface area contributed by atoms with Crippen molar-refractivity contribution in [3.05, 3.63) is 78.5 Å². The van der Waals surface area contributed by atoms with E-state index in [1.165, 1.54) is 28.9 Å². The largest absolute Gasteiger partial charge is 0.481 e. The molecule has 10 heteroatoms. The lowest BCUT2D eigenvalue weighted by molar-refractivity contribution is -0.132. The van der Waals surface area contributed by atoms with Crippen LogP contribution in [0.25, 0.3) is 22.8 Å². The van der Waals surface area contributed by atoms with Crippen molar-refractivity contribution in [3.8, 4) is 28.7 Å². The Labute approximate surface area is 206 Å². The highest BCUT2D eigenvalue weighted by atomic mass is 19.1. The van der Waals surface area contributed by atoms with Crippen molar-refractivity contribution in [2.24, 2.45) is 0 Å². The maximum atomic E-state index is 13.5. The number of anilines is 1. The molecule has 2 aromatic heterocycles. The van der Waals surface area contributed by atoms with Crippen LogP contribution in [-0.2, 0) is 11.3 Å². The standard InChI is InChI=1S/C26H24F2N6O2/c1-36-23-16-22(10-11-29-23)32-12-14-33(15-13-32)24(35)17-34-26(19-4-8-21(28)9-5-19)30-25(31-34)18-2-6-20(27)7-3-18/h2-11,16H,12-15,17H2,1H3. The summed E-state index contributed by atoms with van der Waals surface area (Å²) in [5.74, 6) is 0.507. The van der Waals surface area contributed by atoms with Gasteiger partial charge in [0.05, 0.1) is 7.11 Å². The molecule has 184 valence electrons. The molecule has 8 nitrogen and oxygen atoms in total. The molecular formula is C26H24F2N6O2. The van der Waals surface area contributed by atoms with E-state index in [9.17, 15) is 13.6 Å². The lowest BCUT2D eigenvalue weighted by atomic mass is 10.2. The molecule has 36 heavy (non-hydrogen) atoms. The number of nitrogens with zero attached hydrogens (tertiary/aromatic N) is 6. The number of benzene rings is 2. The monoisotopic (exact) mass is 490 g/mol. The summed E-state index contributed by atoms with van der Waals surface area (Å²) in [5.41, 5.74) is 2.24. The lowest BCUT2D eigenvalue weighted by Gasteiger charge is -2.36. The molecule has 4 aromatic rings. The third kappa shape index (κ3) is 5.02. The van der Waals surface area contributed by atoms with Crippen molar-refractivity contribution < 1.29 is 18.3 Å². The highest BCUT2D eigenvalue weighted by molar-refractivity contribution is 5.77. The highest BCUT2D eigenvalue weighted by Crippen LogP contribution is 2.24. The normalized spacial score (nSPS) is 13.6. The van der Waals surface area contributed by atoms with Gasteiger partial charge in [-0.1, -0.05) is 0 Å². The summed E-state index contributed by atoms with van der Waals surface area (Å²) in [6, 6.07) is 15.5. The average Bonchev–Trinajstić information content (AvgIpc) is 3.33. The summed E-state index contributed by atoms with van der Waals surface area (Å²) >= 11 is 0. The Morgan fingerprint density at radius 1 is 0.917 bits per heavy atom. The van der Waals surface area contributed by atoms with Crippen LogP contribution in [-0.4, -0.2) is 63.8 Å². The molecule has 0 bridgehead atoms. The van der Waals surface area contributed by atoms with Crippen molar-refractivity contribution >= 4 is 11.6 Å². The number of carbonyl (C=O) groups is 1. The van der Waals surface area contributed by atoms with Crippen LogP contribution in [0.4, 0.5) is 14.5 Å². The molecule has 0 N–H and O–H groups in total. The molecule has 0 atom stereocenters. The highest BCUT2D eigenvalue weighted by Gasteiger charge is 2.24. The van der Waals surface area contributed by atoms with Gasteiger partial charge in [0.2, 0.25) is 11.8 Å². The first-order valence-corrected chi connectivity index (χ1v) is 11.5. The summed E-state index contributed by atoms with van der Waals surface area (Å²) in [6.45, 7) is 2.41. The minimum Gasteiger partial charge on any atom is -0.481 e. The van der Waals surface area contributed by atoms with Gasteiger partial charge in [-0.2, -0.15) is 0 Å². The van der Waals surface area contributed by atoms with Crippen LogP contribution in [0.2, 0.25) is 0 Å². The van der Waals surface area contributed by atoms with Crippen molar-refractivity contribution in [2.45, 2.75) is 6.54 Å². The minimum absolute atomic E-state index is 0.0238. The molecule has 1 amide bonds. The van der Waals surface area contributed by atoms with Crippen LogP contribution in [0.5, 0.6) is 5.88 Å². The second-order valence-electron chi connectivity index (χ2n) is 8.35. The molecule has 1 fully saturated rings. The molecule has 1 saturated heterocycles. The SMILES string of the molecule is COc1cc(N2CCN(C(=O)Cn3nc(-c4ccc(F)cc4)nc3-c3ccc(F)cc3)CC2)ccn1. The van der Waals surface area contributed by atoms with Crippen molar-refractivity contribution in [1.29, 1.82) is 0 Å². The van der Waals surface area contributed by atoms with Gasteiger partial charge >= 0.3 is 0 Å². The number of piperazine rings is 1. The molecule has 0 saturated carbocycles. The molecule has 0 aliphatic carbocycles. The number of pyridine rings is 1. The lowest BCUT2D eigenvalue weighted by Crippen LogP contribution is -2.49. The van der Waals surface area contributed by atoms with Gasteiger partial charge in [0.1, 0.15) is 18.2 Å². The van der Waals surface area contributed by atoms with Crippen LogP contribution in [0.1, 0.15) is 0 Å². The van der Waals surface area contributed by atoms with Gasteiger partial charge in [-0.15, -0.1) is 5.10 Å². The summed E-state index contributed by atoms with van der Waals surface area (Å²) in [4.78, 5) is 25.9. The Hall–Kier alpha value is -4.34. The van der Waals surface area contributed by atoms with Crippen LogP contribution in [0, 0.1) is 11.6 Å². The van der Waals surface area contributed by atoms with Gasteiger partial charge in [0.25, 0.3) is 0 Å². The summed E-state index contributed by atoms with van der Waals surface area (Å²) in [6.07, 6.45) is 1.70. The van der Waals surface area contributed by atoms with Gasteiger partial charge in [0.15, 0.2) is 11.6 Å². The number of amides is 1. The Kier molecular flexibility index (Phi) is 6.57. The molecule has 2 aromatic carbocycles. The van der Waals surface area contributed by atoms with E-state index in [0.29, 0.717) is 54.8 Å². The van der Waals surface area contributed by atoms with Crippen LogP contribution in [0.15, 0.2) is 66.9 Å². The van der Waals surface area contributed by atoms with Crippen LogP contribution in [0.3, 0.4) is 0 Å². The van der Waals surface area contributed by atoms with Crippen molar-refractivity contribution in [3.63, 3.8) is 0 Å². The molecule has 0 spiro atoms. The summed E-state index contributed by atoms with van der Waals surface area (Å²) < 4.78 is 33.6. The number of carbonyl (C=O) groups excluding carboxylic acids is 1. The van der Waals surface area contributed by atoms with E-state index >= 15 is 0 Å². The molecule has 3 heterocycles. The quantitative estimate of drug-likeness (QED) is 0.411. The molecule has 5 rings (SSSR count). The zero-order valence-electron chi connectivity index (χ0n) is 19.6. The Morgan fingerprint density at radius 3 is 2.19 bits per heavy atom. The Morgan fingerprint density at radius 2 is 1.56 bits per heavy atom. The summed E-state index contributed by atoms with van der Waals surface area (Å²) in [5, 5.41) is 4.54. The number of aromatic nitrogens is 4. The average molecular weight is 491 g/mol. The third-order valence-electron chi connectivity index (χ3n) is 6.09. The Bertz CT molecular complexity index is 1350. The molecule has 1 aliphatic heterocycles. The first kappa shape index (κ1) is 23.4. The van der Waals surface area contributed by atoms with Crippen LogP contribution >= 0.6 is 0 Å². The number of methoxy groups -OCH3 is 1. The smallest absolute Gasteiger partial charge is 0.244 e. The maximum Gasteiger partial charge on any atom is 0.244 e. The predicted octanol–water partition coefficient (Wildman–Crippen LogP) is 3.64. The van der Waals surface area contributed by atoms with Gasteiger partial charge in [0, 0.05) is 55.3 Å². The first-order valence-electron chi connectivity index (χ1n) is 11.5. The van der Waals surface area contributed by atoms with E-state index in [-0.39, 0.29) is 24.1 Å². The van der Waals surface area contributed by atoms with Gasteiger partial charge in [-0.25, -0.2) is 23.4 Å². The first-order chi connectivity index (χ1) is 17.5. The molecule has 1 aliphatic rings. The number of hydrogen-bond acceptors (Lipinski definition) is 6. The topological polar surface area (TPSA) is 76.4 Å². The molecule has 0 unspecified atom stereocenters. The Balaban J connectivity index is 1.34. The van der Waals surface area contributed by atoms with Crippen LogP contribution < -0.4 is 9.64 Å². The van der Waals surface area contributed by atoms with E-state index < -0.39 is 0 Å². The molecule has 0 radical (unpaired) electrons. The number of halogens is 2. The van der Waals surface area contributed by atoms with E-state index in [1.54, 1.807) is 42.5 Å². The number of rotatable bonds is 6. The zero-order valence-corrected chi connectivity index (χ0v) is 19.6. The zero-order chi connectivity index (χ0) is 25.1. The van der Waals surface area contributed by atoms with Gasteiger partial charge in [-0.3, -0.25) is 4.79 Å². The van der Waals surface area contributed by atoms with Gasteiger partial charge < -0.3 is 14.5 Å².